The monoisotopic (exact) mass is 344 g/mol. The van der Waals surface area contributed by atoms with E-state index in [1.165, 1.54) is 5.39 Å². The minimum absolute atomic E-state index is 0.147. The van der Waals surface area contributed by atoms with Gasteiger partial charge in [0.15, 0.2) is 0 Å². The fraction of sp³-hybridized carbons (Fsp3) is 0.0909. The highest BCUT2D eigenvalue weighted by molar-refractivity contribution is 6.25. The van der Waals surface area contributed by atoms with Crippen molar-refractivity contribution in [2.45, 2.75) is 12.8 Å². The van der Waals surface area contributed by atoms with E-state index >= 15 is 0 Å². The number of carboxylic acid groups (broad SMARTS) is 1. The standard InChI is InChI=1S/C22H16O4/c23-21(24)11-12-22(25)26-14-9-10-19-17-7-2-1-5-15(17)16-6-3-4-8-18(16)20(19)13-14/h1-10,13H,11-12H2,(H,23,24). The zero-order chi connectivity index (χ0) is 18.1. The summed E-state index contributed by atoms with van der Waals surface area (Å²) in [6, 6.07) is 21.9. The van der Waals surface area contributed by atoms with Crippen molar-refractivity contribution in [3.05, 3.63) is 66.7 Å². The lowest BCUT2D eigenvalue weighted by Gasteiger charge is -2.11. The third kappa shape index (κ3) is 2.86. The Balaban J connectivity index is 1.85. The predicted molar refractivity (Wildman–Crippen MR) is 101 cm³/mol. The summed E-state index contributed by atoms with van der Waals surface area (Å²) < 4.78 is 5.33. The molecule has 0 atom stereocenters. The van der Waals surface area contributed by atoms with Gasteiger partial charge in [-0.25, -0.2) is 0 Å². The van der Waals surface area contributed by atoms with Crippen LogP contribution in [-0.4, -0.2) is 17.0 Å². The van der Waals surface area contributed by atoms with Crippen molar-refractivity contribution < 1.29 is 19.4 Å². The Bertz CT molecular complexity index is 1130. The SMILES string of the molecule is O=C(O)CCC(=O)Oc1ccc2c3ccccc3c3ccccc3c2c1. The lowest BCUT2D eigenvalue weighted by atomic mass is 9.94. The first-order valence-corrected chi connectivity index (χ1v) is 8.39. The molecule has 0 aliphatic rings. The van der Waals surface area contributed by atoms with Crippen molar-refractivity contribution in [3.8, 4) is 5.75 Å². The highest BCUT2D eigenvalue weighted by atomic mass is 16.5. The molecular formula is C22H16O4. The van der Waals surface area contributed by atoms with Crippen molar-refractivity contribution in [3.63, 3.8) is 0 Å². The molecule has 0 saturated heterocycles. The van der Waals surface area contributed by atoms with Gasteiger partial charge in [-0.05, 0) is 44.5 Å². The number of rotatable bonds is 4. The van der Waals surface area contributed by atoms with Crippen LogP contribution in [0.1, 0.15) is 12.8 Å². The van der Waals surface area contributed by atoms with E-state index in [4.69, 9.17) is 9.84 Å². The van der Waals surface area contributed by atoms with Crippen LogP contribution < -0.4 is 4.74 Å². The topological polar surface area (TPSA) is 63.6 Å². The van der Waals surface area contributed by atoms with Gasteiger partial charge in [-0.15, -0.1) is 0 Å². The first kappa shape index (κ1) is 16.1. The molecule has 4 nitrogen and oxygen atoms in total. The number of carbonyl (C=O) groups excluding carboxylic acids is 1. The molecule has 4 heteroatoms. The summed E-state index contributed by atoms with van der Waals surface area (Å²) >= 11 is 0. The molecule has 0 spiro atoms. The molecule has 4 rings (SSSR count). The van der Waals surface area contributed by atoms with Crippen LogP contribution in [0, 0.1) is 0 Å². The molecule has 0 amide bonds. The van der Waals surface area contributed by atoms with Gasteiger partial charge in [0.05, 0.1) is 12.8 Å². The number of ether oxygens (including phenoxy) is 1. The second-order valence-corrected chi connectivity index (χ2v) is 6.17. The molecule has 0 aliphatic carbocycles. The second kappa shape index (κ2) is 6.48. The zero-order valence-corrected chi connectivity index (χ0v) is 13.9. The van der Waals surface area contributed by atoms with Crippen molar-refractivity contribution in [1.29, 1.82) is 0 Å². The Kier molecular flexibility index (Phi) is 4.01. The molecule has 1 N–H and O–H groups in total. The smallest absolute Gasteiger partial charge is 0.311 e. The third-order valence-corrected chi connectivity index (χ3v) is 4.49. The van der Waals surface area contributed by atoms with Crippen LogP contribution in [0.4, 0.5) is 0 Å². The van der Waals surface area contributed by atoms with Crippen LogP contribution >= 0.6 is 0 Å². The summed E-state index contributed by atoms with van der Waals surface area (Å²) in [6.07, 6.45) is -0.383. The quantitative estimate of drug-likeness (QED) is 0.324. The lowest BCUT2D eigenvalue weighted by Crippen LogP contribution is -2.10. The molecule has 0 heterocycles. The van der Waals surface area contributed by atoms with Crippen LogP contribution in [0.15, 0.2) is 66.7 Å². The van der Waals surface area contributed by atoms with Crippen molar-refractivity contribution in [1.82, 2.24) is 0 Å². The molecule has 0 saturated carbocycles. The average Bonchev–Trinajstić information content (AvgIpc) is 2.66. The Morgan fingerprint density at radius 1 is 0.692 bits per heavy atom. The van der Waals surface area contributed by atoms with E-state index in [2.05, 4.69) is 24.3 Å². The first-order valence-electron chi connectivity index (χ1n) is 8.39. The van der Waals surface area contributed by atoms with Gasteiger partial charge in [-0.2, -0.15) is 0 Å². The number of carbonyl (C=O) groups is 2. The van der Waals surface area contributed by atoms with E-state index in [1.54, 1.807) is 6.07 Å². The minimum atomic E-state index is -1.02. The number of hydrogen-bond acceptors (Lipinski definition) is 3. The van der Waals surface area contributed by atoms with E-state index in [-0.39, 0.29) is 12.8 Å². The van der Waals surface area contributed by atoms with Crippen molar-refractivity contribution >= 4 is 44.3 Å². The first-order chi connectivity index (χ1) is 12.6. The third-order valence-electron chi connectivity index (χ3n) is 4.49. The number of fused-ring (bicyclic) bond motifs is 6. The average molecular weight is 344 g/mol. The molecule has 0 radical (unpaired) electrons. The van der Waals surface area contributed by atoms with E-state index in [1.807, 2.05) is 36.4 Å². The number of aliphatic carboxylic acids is 1. The summed E-state index contributed by atoms with van der Waals surface area (Å²) in [6.45, 7) is 0. The van der Waals surface area contributed by atoms with Crippen molar-refractivity contribution in [2.75, 3.05) is 0 Å². The molecule has 0 aromatic heterocycles. The Hall–Kier alpha value is -3.40. The molecule has 0 aliphatic heterocycles. The van der Waals surface area contributed by atoms with Crippen LogP contribution in [0.5, 0.6) is 5.75 Å². The van der Waals surface area contributed by atoms with E-state index in [9.17, 15) is 9.59 Å². The summed E-state index contributed by atoms with van der Waals surface area (Å²) in [4.78, 5) is 22.4. The van der Waals surface area contributed by atoms with Crippen LogP contribution in [0.25, 0.3) is 32.3 Å². The fourth-order valence-corrected chi connectivity index (χ4v) is 3.34. The van der Waals surface area contributed by atoms with Crippen LogP contribution in [0.2, 0.25) is 0 Å². The van der Waals surface area contributed by atoms with Crippen LogP contribution in [0.3, 0.4) is 0 Å². The number of hydrogen-bond donors (Lipinski definition) is 1. The normalized spacial score (nSPS) is 11.1. The largest absolute Gasteiger partial charge is 0.481 e. The number of carboxylic acids is 1. The van der Waals surface area contributed by atoms with Gasteiger partial charge in [0.1, 0.15) is 5.75 Å². The highest BCUT2D eigenvalue weighted by Gasteiger charge is 2.11. The Morgan fingerprint density at radius 3 is 1.73 bits per heavy atom. The molecule has 0 unspecified atom stereocenters. The van der Waals surface area contributed by atoms with Gasteiger partial charge in [0.25, 0.3) is 0 Å². The fourth-order valence-electron chi connectivity index (χ4n) is 3.34. The van der Waals surface area contributed by atoms with Crippen LogP contribution in [-0.2, 0) is 9.59 Å². The molecule has 128 valence electrons. The Morgan fingerprint density at radius 2 is 1.19 bits per heavy atom. The summed E-state index contributed by atoms with van der Waals surface area (Å²) in [5.41, 5.74) is 0. The van der Waals surface area contributed by atoms with Gasteiger partial charge >= 0.3 is 11.9 Å². The summed E-state index contributed by atoms with van der Waals surface area (Å²) in [7, 11) is 0. The molecule has 0 bridgehead atoms. The zero-order valence-electron chi connectivity index (χ0n) is 13.9. The highest BCUT2D eigenvalue weighted by Crippen LogP contribution is 2.36. The predicted octanol–water partition coefficient (Wildman–Crippen LogP) is 4.92. The van der Waals surface area contributed by atoms with E-state index in [0.717, 1.165) is 26.9 Å². The summed E-state index contributed by atoms with van der Waals surface area (Å²) in [5.74, 6) is -1.14. The molecule has 4 aromatic carbocycles. The van der Waals surface area contributed by atoms with Gasteiger partial charge in [0, 0.05) is 0 Å². The maximum atomic E-state index is 11.8. The van der Waals surface area contributed by atoms with Gasteiger partial charge in [-0.3, -0.25) is 9.59 Å². The van der Waals surface area contributed by atoms with Gasteiger partial charge < -0.3 is 9.84 Å². The lowest BCUT2D eigenvalue weighted by molar-refractivity contribution is -0.142. The summed E-state index contributed by atoms with van der Waals surface area (Å²) in [5, 5.41) is 15.3. The van der Waals surface area contributed by atoms with Crippen molar-refractivity contribution in [2.24, 2.45) is 0 Å². The van der Waals surface area contributed by atoms with E-state index in [0.29, 0.717) is 5.75 Å². The number of benzene rings is 4. The maximum absolute atomic E-state index is 11.8. The molecule has 4 aromatic rings. The molecule has 26 heavy (non-hydrogen) atoms. The van der Waals surface area contributed by atoms with Gasteiger partial charge in [-0.1, -0.05) is 54.6 Å². The Labute approximate surface area is 149 Å². The van der Waals surface area contributed by atoms with E-state index < -0.39 is 11.9 Å². The number of esters is 1. The second-order valence-electron chi connectivity index (χ2n) is 6.17. The molecule has 0 fully saturated rings. The van der Waals surface area contributed by atoms with Gasteiger partial charge in [0.2, 0.25) is 0 Å². The molecular weight excluding hydrogens is 328 g/mol. The maximum Gasteiger partial charge on any atom is 0.311 e. The minimum Gasteiger partial charge on any atom is -0.481 e.